The Balaban J connectivity index is 1.55. The molecule has 0 radical (unpaired) electrons. The van der Waals surface area contributed by atoms with E-state index >= 15 is 0 Å². The Morgan fingerprint density at radius 3 is 2.72 bits per heavy atom. The van der Waals surface area contributed by atoms with E-state index in [2.05, 4.69) is 11.8 Å². The van der Waals surface area contributed by atoms with Gasteiger partial charge in [0.05, 0.1) is 11.7 Å². The highest BCUT2D eigenvalue weighted by Gasteiger charge is 2.43. The fourth-order valence-electron chi connectivity index (χ4n) is 4.37. The summed E-state index contributed by atoms with van der Waals surface area (Å²) in [6.07, 6.45) is 9.71. The molecule has 3 heteroatoms. The molecule has 2 heterocycles. The summed E-state index contributed by atoms with van der Waals surface area (Å²) in [7, 11) is 0. The minimum absolute atomic E-state index is 0.286. The van der Waals surface area contributed by atoms with Crippen LogP contribution in [0.3, 0.4) is 0 Å². The van der Waals surface area contributed by atoms with Crippen molar-refractivity contribution in [3.8, 4) is 0 Å². The third kappa shape index (κ3) is 2.33. The maximum atomic E-state index is 6.42. The van der Waals surface area contributed by atoms with E-state index < -0.39 is 0 Å². The molecule has 0 aromatic heterocycles. The van der Waals surface area contributed by atoms with Gasteiger partial charge in [-0.3, -0.25) is 4.90 Å². The van der Waals surface area contributed by atoms with Gasteiger partial charge in [0, 0.05) is 19.1 Å². The van der Waals surface area contributed by atoms with Crippen molar-refractivity contribution in [2.45, 2.75) is 69.6 Å². The Kier molecular flexibility index (Phi) is 3.65. The fourth-order valence-corrected chi connectivity index (χ4v) is 4.37. The number of ether oxygens (including phenoxy) is 1. The van der Waals surface area contributed by atoms with Crippen molar-refractivity contribution in [3.05, 3.63) is 0 Å². The molecule has 3 atom stereocenters. The van der Waals surface area contributed by atoms with Gasteiger partial charge in [0.15, 0.2) is 0 Å². The monoisotopic (exact) mass is 252 g/mol. The summed E-state index contributed by atoms with van der Waals surface area (Å²) in [4.78, 5) is 2.59. The molecule has 2 saturated heterocycles. The number of nitrogens with two attached hydrogens (primary N) is 1. The number of hydrogen-bond donors (Lipinski definition) is 1. The number of nitrogens with zero attached hydrogens (tertiary/aromatic N) is 1. The summed E-state index contributed by atoms with van der Waals surface area (Å²) < 4.78 is 6.42. The van der Waals surface area contributed by atoms with Crippen molar-refractivity contribution < 1.29 is 4.74 Å². The Morgan fingerprint density at radius 1 is 1.22 bits per heavy atom. The van der Waals surface area contributed by atoms with E-state index in [1.807, 2.05) is 0 Å². The molecule has 104 valence electrons. The van der Waals surface area contributed by atoms with Crippen LogP contribution in [-0.4, -0.2) is 42.3 Å². The SMILES string of the molecule is CC1CCN(CC2CCC3(CCCC3)O2)C1CN. The lowest BCUT2D eigenvalue weighted by Crippen LogP contribution is -2.42. The van der Waals surface area contributed by atoms with Gasteiger partial charge < -0.3 is 10.5 Å². The summed E-state index contributed by atoms with van der Waals surface area (Å²) in [6, 6.07) is 0.591. The molecule has 0 bridgehead atoms. The first-order chi connectivity index (χ1) is 8.72. The maximum Gasteiger partial charge on any atom is 0.0710 e. The normalized spacial score (nSPS) is 40.0. The zero-order chi connectivity index (χ0) is 12.6. The highest BCUT2D eigenvalue weighted by Crippen LogP contribution is 2.43. The Labute approximate surface area is 111 Å². The molecule has 3 rings (SSSR count). The van der Waals surface area contributed by atoms with Crippen LogP contribution in [0.5, 0.6) is 0 Å². The van der Waals surface area contributed by atoms with Gasteiger partial charge in [-0.15, -0.1) is 0 Å². The van der Waals surface area contributed by atoms with Crippen molar-refractivity contribution in [2.75, 3.05) is 19.6 Å². The minimum Gasteiger partial charge on any atom is -0.370 e. The molecule has 3 nitrogen and oxygen atoms in total. The first kappa shape index (κ1) is 12.9. The molecule has 1 spiro atoms. The van der Waals surface area contributed by atoms with Crippen molar-refractivity contribution in [3.63, 3.8) is 0 Å². The molecule has 1 aliphatic carbocycles. The molecule has 0 aromatic rings. The van der Waals surface area contributed by atoms with E-state index in [-0.39, 0.29) is 5.60 Å². The molecule has 18 heavy (non-hydrogen) atoms. The topological polar surface area (TPSA) is 38.5 Å². The second kappa shape index (κ2) is 5.10. The minimum atomic E-state index is 0.286. The predicted molar refractivity (Wildman–Crippen MR) is 73.5 cm³/mol. The number of hydrogen-bond acceptors (Lipinski definition) is 3. The van der Waals surface area contributed by atoms with Gasteiger partial charge in [0.2, 0.25) is 0 Å². The van der Waals surface area contributed by atoms with Crippen LogP contribution in [0.1, 0.15) is 51.9 Å². The van der Waals surface area contributed by atoms with Crippen LogP contribution in [0.4, 0.5) is 0 Å². The van der Waals surface area contributed by atoms with E-state index in [0.29, 0.717) is 12.1 Å². The smallest absolute Gasteiger partial charge is 0.0710 e. The fraction of sp³-hybridized carbons (Fsp3) is 1.00. The van der Waals surface area contributed by atoms with Gasteiger partial charge in [-0.25, -0.2) is 0 Å². The van der Waals surface area contributed by atoms with E-state index in [0.717, 1.165) is 19.0 Å². The molecule has 0 amide bonds. The van der Waals surface area contributed by atoms with Crippen LogP contribution >= 0.6 is 0 Å². The molecule has 1 saturated carbocycles. The van der Waals surface area contributed by atoms with Crippen LogP contribution in [-0.2, 0) is 4.74 Å². The van der Waals surface area contributed by atoms with E-state index in [9.17, 15) is 0 Å². The maximum absolute atomic E-state index is 6.42. The molecular formula is C15H28N2O. The molecule has 3 aliphatic rings. The van der Waals surface area contributed by atoms with Gasteiger partial charge in [-0.05, 0) is 44.6 Å². The lowest BCUT2D eigenvalue weighted by atomic mass is 9.98. The quantitative estimate of drug-likeness (QED) is 0.836. The summed E-state index contributed by atoms with van der Waals surface area (Å²) >= 11 is 0. The standard InChI is InChI=1S/C15H28N2O/c1-12-5-9-17(14(12)10-16)11-13-4-8-15(18-13)6-2-3-7-15/h12-14H,2-11,16H2,1H3. The van der Waals surface area contributed by atoms with Crippen molar-refractivity contribution in [1.82, 2.24) is 4.90 Å². The van der Waals surface area contributed by atoms with Crippen molar-refractivity contribution in [1.29, 1.82) is 0 Å². The van der Waals surface area contributed by atoms with Gasteiger partial charge in [-0.2, -0.15) is 0 Å². The summed E-state index contributed by atoms with van der Waals surface area (Å²) in [5.41, 5.74) is 6.21. The largest absolute Gasteiger partial charge is 0.370 e. The molecule has 2 N–H and O–H groups in total. The summed E-state index contributed by atoms with van der Waals surface area (Å²) in [5.74, 6) is 0.761. The van der Waals surface area contributed by atoms with Gasteiger partial charge in [0.25, 0.3) is 0 Å². The molecular weight excluding hydrogens is 224 g/mol. The van der Waals surface area contributed by atoms with Gasteiger partial charge in [-0.1, -0.05) is 19.8 Å². The summed E-state index contributed by atoms with van der Waals surface area (Å²) in [5, 5.41) is 0. The second-order valence-electron chi connectivity index (χ2n) is 6.73. The van der Waals surface area contributed by atoms with E-state index in [4.69, 9.17) is 10.5 Å². The molecule has 0 aromatic carbocycles. The predicted octanol–water partition coefficient (Wildman–Crippen LogP) is 2.15. The third-order valence-electron chi connectivity index (χ3n) is 5.53. The van der Waals surface area contributed by atoms with Crippen LogP contribution in [0.25, 0.3) is 0 Å². The van der Waals surface area contributed by atoms with Crippen molar-refractivity contribution >= 4 is 0 Å². The Morgan fingerprint density at radius 2 is 2.00 bits per heavy atom. The van der Waals surface area contributed by atoms with Gasteiger partial charge in [0.1, 0.15) is 0 Å². The highest BCUT2D eigenvalue weighted by atomic mass is 16.5. The number of rotatable bonds is 3. The average molecular weight is 252 g/mol. The lowest BCUT2D eigenvalue weighted by Gasteiger charge is -2.30. The zero-order valence-electron chi connectivity index (χ0n) is 11.7. The summed E-state index contributed by atoms with van der Waals surface area (Å²) in [6.45, 7) is 5.48. The van der Waals surface area contributed by atoms with Crippen LogP contribution in [0.2, 0.25) is 0 Å². The molecule has 3 unspecified atom stereocenters. The van der Waals surface area contributed by atoms with E-state index in [1.165, 1.54) is 51.5 Å². The molecule has 2 aliphatic heterocycles. The van der Waals surface area contributed by atoms with Crippen molar-refractivity contribution in [2.24, 2.45) is 11.7 Å². The highest BCUT2D eigenvalue weighted by molar-refractivity contribution is 4.95. The van der Waals surface area contributed by atoms with E-state index in [1.54, 1.807) is 0 Å². The zero-order valence-corrected chi connectivity index (χ0v) is 11.7. The average Bonchev–Trinajstić information content (AvgIpc) is 3.05. The molecule has 3 fully saturated rings. The van der Waals surface area contributed by atoms with Gasteiger partial charge >= 0.3 is 0 Å². The lowest BCUT2D eigenvalue weighted by molar-refractivity contribution is -0.0487. The first-order valence-electron chi connectivity index (χ1n) is 7.84. The van der Waals surface area contributed by atoms with Crippen LogP contribution in [0, 0.1) is 5.92 Å². The third-order valence-corrected chi connectivity index (χ3v) is 5.53. The Bertz CT molecular complexity index is 288. The number of likely N-dealkylation sites (tertiary alicyclic amines) is 1. The first-order valence-corrected chi connectivity index (χ1v) is 7.84. The Hall–Kier alpha value is -0.120. The van der Waals surface area contributed by atoms with Crippen LogP contribution < -0.4 is 5.73 Å². The van der Waals surface area contributed by atoms with Crippen LogP contribution in [0.15, 0.2) is 0 Å². The second-order valence-corrected chi connectivity index (χ2v) is 6.73.